The minimum atomic E-state index is -0.526. The summed E-state index contributed by atoms with van der Waals surface area (Å²) in [5.74, 6) is -1.01. The molecule has 5 heteroatoms. The highest BCUT2D eigenvalue weighted by Crippen LogP contribution is 2.31. The molecular weight excluding hydrogens is 271 g/mol. The molecular formula is C16H13FN2O2. The summed E-state index contributed by atoms with van der Waals surface area (Å²) >= 11 is 0. The topological polar surface area (TPSA) is 76.1 Å². The van der Waals surface area contributed by atoms with E-state index in [1.807, 2.05) is 6.07 Å². The van der Waals surface area contributed by atoms with Gasteiger partial charge in [0.2, 0.25) is 0 Å². The average molecular weight is 284 g/mol. The maximum Gasteiger partial charge on any atom is 0.339 e. The first-order valence-corrected chi connectivity index (χ1v) is 6.16. The molecule has 0 aliphatic rings. The summed E-state index contributed by atoms with van der Waals surface area (Å²) in [4.78, 5) is 11.6. The lowest BCUT2D eigenvalue weighted by Crippen LogP contribution is -2.06. The molecule has 0 saturated heterocycles. The Morgan fingerprint density at radius 3 is 2.62 bits per heavy atom. The number of rotatable bonds is 2. The lowest BCUT2D eigenvalue weighted by molar-refractivity contribution is 0.0602. The van der Waals surface area contributed by atoms with Crippen LogP contribution in [0.3, 0.4) is 0 Å². The number of hydrogen-bond acceptors (Lipinski definition) is 4. The van der Waals surface area contributed by atoms with E-state index in [0.717, 1.165) is 5.56 Å². The van der Waals surface area contributed by atoms with Gasteiger partial charge in [-0.1, -0.05) is 6.07 Å². The lowest BCUT2D eigenvalue weighted by Gasteiger charge is -2.12. The zero-order valence-corrected chi connectivity index (χ0v) is 11.6. The van der Waals surface area contributed by atoms with Gasteiger partial charge in [-0.05, 0) is 47.9 Å². The molecule has 2 aromatic rings. The van der Waals surface area contributed by atoms with Crippen molar-refractivity contribution in [3.8, 4) is 17.2 Å². The second-order valence-corrected chi connectivity index (χ2v) is 4.55. The van der Waals surface area contributed by atoms with Crippen LogP contribution in [0.2, 0.25) is 0 Å². The van der Waals surface area contributed by atoms with Crippen molar-refractivity contribution >= 4 is 11.7 Å². The van der Waals surface area contributed by atoms with E-state index in [4.69, 9.17) is 11.0 Å². The number of hydrogen-bond donors (Lipinski definition) is 1. The van der Waals surface area contributed by atoms with E-state index in [1.54, 1.807) is 19.1 Å². The molecule has 2 aromatic carbocycles. The molecule has 2 rings (SSSR count). The normalized spacial score (nSPS) is 10.0. The van der Waals surface area contributed by atoms with Crippen LogP contribution in [0.15, 0.2) is 30.3 Å². The van der Waals surface area contributed by atoms with Gasteiger partial charge >= 0.3 is 5.97 Å². The number of anilines is 1. The Kier molecular flexibility index (Phi) is 3.90. The number of nitriles is 1. The average Bonchev–Trinajstić information content (AvgIpc) is 2.48. The standard InChI is InChI=1S/C16H13FN2O2/c1-9-5-14(16(20)21-2)15(19)7-13(9)12-4-3-11(17)6-10(12)8-18/h3-7H,19H2,1-2H3. The second-order valence-electron chi connectivity index (χ2n) is 4.55. The number of esters is 1. The molecule has 0 spiro atoms. The van der Waals surface area contributed by atoms with Crippen molar-refractivity contribution in [3.05, 3.63) is 52.8 Å². The predicted molar refractivity (Wildman–Crippen MR) is 77.0 cm³/mol. The second kappa shape index (κ2) is 5.63. The van der Waals surface area contributed by atoms with Crippen molar-refractivity contribution in [1.29, 1.82) is 5.26 Å². The third kappa shape index (κ3) is 2.70. The van der Waals surface area contributed by atoms with Crippen LogP contribution in [0.1, 0.15) is 21.5 Å². The van der Waals surface area contributed by atoms with E-state index < -0.39 is 11.8 Å². The van der Waals surface area contributed by atoms with Crippen LogP contribution in [0.4, 0.5) is 10.1 Å². The molecule has 0 aliphatic heterocycles. The molecule has 0 unspecified atom stereocenters. The Balaban J connectivity index is 2.64. The van der Waals surface area contributed by atoms with E-state index in [0.29, 0.717) is 11.1 Å². The fourth-order valence-electron chi connectivity index (χ4n) is 2.15. The number of ether oxygens (including phenoxy) is 1. The van der Waals surface area contributed by atoms with Crippen LogP contribution in [-0.2, 0) is 4.74 Å². The summed E-state index contributed by atoms with van der Waals surface area (Å²) < 4.78 is 17.9. The smallest absolute Gasteiger partial charge is 0.339 e. The zero-order valence-electron chi connectivity index (χ0n) is 11.6. The Hall–Kier alpha value is -2.87. The molecule has 0 atom stereocenters. The minimum absolute atomic E-state index is 0.211. The van der Waals surface area contributed by atoms with Crippen LogP contribution in [0.25, 0.3) is 11.1 Å². The van der Waals surface area contributed by atoms with E-state index in [1.165, 1.54) is 25.3 Å². The number of aryl methyl sites for hydroxylation is 1. The minimum Gasteiger partial charge on any atom is -0.465 e. The van der Waals surface area contributed by atoms with Crippen molar-refractivity contribution in [1.82, 2.24) is 0 Å². The quantitative estimate of drug-likeness (QED) is 0.679. The Bertz CT molecular complexity index is 764. The number of methoxy groups -OCH3 is 1. The number of nitrogen functional groups attached to an aromatic ring is 1. The third-order valence-electron chi connectivity index (χ3n) is 3.19. The van der Waals surface area contributed by atoms with Crippen molar-refractivity contribution < 1.29 is 13.9 Å². The number of halogens is 1. The molecule has 2 N–H and O–H groups in total. The summed E-state index contributed by atoms with van der Waals surface area (Å²) in [7, 11) is 1.28. The van der Waals surface area contributed by atoms with Crippen molar-refractivity contribution in [2.75, 3.05) is 12.8 Å². The highest BCUT2D eigenvalue weighted by Gasteiger charge is 2.15. The predicted octanol–water partition coefficient (Wildman–Crippen LogP) is 3.04. The van der Waals surface area contributed by atoms with Crippen molar-refractivity contribution in [2.24, 2.45) is 0 Å². The van der Waals surface area contributed by atoms with Gasteiger partial charge in [-0.25, -0.2) is 9.18 Å². The molecule has 21 heavy (non-hydrogen) atoms. The Morgan fingerprint density at radius 2 is 2.00 bits per heavy atom. The van der Waals surface area contributed by atoms with E-state index in [-0.39, 0.29) is 16.8 Å². The summed E-state index contributed by atoms with van der Waals surface area (Å²) in [6.07, 6.45) is 0. The molecule has 0 aliphatic carbocycles. The number of benzene rings is 2. The van der Waals surface area contributed by atoms with Gasteiger partial charge in [0, 0.05) is 5.69 Å². The van der Waals surface area contributed by atoms with Gasteiger partial charge in [-0.2, -0.15) is 5.26 Å². The van der Waals surface area contributed by atoms with Crippen LogP contribution in [0.5, 0.6) is 0 Å². The highest BCUT2D eigenvalue weighted by atomic mass is 19.1. The summed E-state index contributed by atoms with van der Waals surface area (Å²) in [6.45, 7) is 1.78. The number of nitrogens with two attached hydrogens (primary N) is 1. The van der Waals surface area contributed by atoms with E-state index >= 15 is 0 Å². The third-order valence-corrected chi connectivity index (χ3v) is 3.19. The first-order valence-electron chi connectivity index (χ1n) is 6.16. The van der Waals surface area contributed by atoms with Gasteiger partial charge < -0.3 is 10.5 Å². The maximum absolute atomic E-state index is 13.2. The molecule has 0 fully saturated rings. The fraction of sp³-hybridized carbons (Fsp3) is 0.125. The maximum atomic E-state index is 13.2. The van der Waals surface area contributed by atoms with Crippen LogP contribution in [-0.4, -0.2) is 13.1 Å². The largest absolute Gasteiger partial charge is 0.465 e. The van der Waals surface area contributed by atoms with Gasteiger partial charge in [0.1, 0.15) is 5.82 Å². The lowest BCUT2D eigenvalue weighted by atomic mass is 9.94. The van der Waals surface area contributed by atoms with E-state index in [2.05, 4.69) is 4.74 Å². The van der Waals surface area contributed by atoms with Gasteiger partial charge in [0.15, 0.2) is 0 Å². The molecule has 0 aromatic heterocycles. The zero-order chi connectivity index (χ0) is 15.6. The highest BCUT2D eigenvalue weighted by molar-refractivity contribution is 5.97. The van der Waals surface area contributed by atoms with Crippen molar-refractivity contribution in [3.63, 3.8) is 0 Å². The van der Waals surface area contributed by atoms with Gasteiger partial charge in [-0.3, -0.25) is 0 Å². The van der Waals surface area contributed by atoms with Gasteiger partial charge in [0.05, 0.1) is 24.3 Å². The van der Waals surface area contributed by atoms with Crippen LogP contribution < -0.4 is 5.73 Å². The number of carbonyl (C=O) groups is 1. The molecule has 106 valence electrons. The molecule has 0 radical (unpaired) electrons. The molecule has 4 nitrogen and oxygen atoms in total. The van der Waals surface area contributed by atoms with Gasteiger partial charge in [-0.15, -0.1) is 0 Å². The summed E-state index contributed by atoms with van der Waals surface area (Å²) in [6, 6.07) is 9.11. The fourth-order valence-corrected chi connectivity index (χ4v) is 2.15. The van der Waals surface area contributed by atoms with Crippen LogP contribution >= 0.6 is 0 Å². The molecule has 0 heterocycles. The molecule has 0 saturated carbocycles. The summed E-state index contributed by atoms with van der Waals surface area (Å²) in [5, 5.41) is 9.12. The Morgan fingerprint density at radius 1 is 1.29 bits per heavy atom. The monoisotopic (exact) mass is 284 g/mol. The summed E-state index contributed by atoms with van der Waals surface area (Å²) in [5.41, 5.74) is 8.58. The number of nitrogens with zero attached hydrogens (tertiary/aromatic N) is 1. The van der Waals surface area contributed by atoms with Gasteiger partial charge in [0.25, 0.3) is 0 Å². The van der Waals surface area contributed by atoms with Crippen molar-refractivity contribution in [2.45, 2.75) is 6.92 Å². The first-order chi connectivity index (χ1) is 9.97. The molecule has 0 bridgehead atoms. The number of carbonyl (C=O) groups excluding carboxylic acids is 1. The van der Waals surface area contributed by atoms with E-state index in [9.17, 15) is 9.18 Å². The first kappa shape index (κ1) is 14.5. The SMILES string of the molecule is COC(=O)c1cc(C)c(-c2ccc(F)cc2C#N)cc1N. The molecule has 0 amide bonds. The van der Waals surface area contributed by atoms with Crippen LogP contribution in [0, 0.1) is 24.1 Å². The Labute approximate surface area is 121 Å².